The van der Waals surface area contributed by atoms with Gasteiger partial charge in [-0.05, 0) is 58.2 Å². The second-order valence-corrected chi connectivity index (χ2v) is 8.90. The number of nitrogens with zero attached hydrogens (tertiary/aromatic N) is 1. The van der Waals surface area contributed by atoms with Crippen LogP contribution in [-0.2, 0) is 6.54 Å². The van der Waals surface area contributed by atoms with Gasteiger partial charge in [-0.3, -0.25) is 9.59 Å². The number of amides is 1. The largest absolute Gasteiger partial charge is 0.503 e. The van der Waals surface area contributed by atoms with Gasteiger partial charge < -0.3 is 19.2 Å². The highest BCUT2D eigenvalue weighted by atomic mass is 79.9. The molecule has 1 amide bonds. The maximum atomic E-state index is 13.7. The molecule has 7 heteroatoms. The fraction of sp³-hybridized carbons (Fsp3) is 0.154. The van der Waals surface area contributed by atoms with Crippen LogP contribution in [0.25, 0.3) is 11.0 Å². The average molecular weight is 506 g/mol. The number of aromatic hydroxyl groups is 1. The molecule has 0 spiro atoms. The van der Waals surface area contributed by atoms with Crippen LogP contribution < -0.4 is 10.2 Å². The van der Waals surface area contributed by atoms with Gasteiger partial charge in [-0.1, -0.05) is 42.0 Å². The lowest BCUT2D eigenvalue weighted by molar-refractivity contribution is 0.0714. The minimum atomic E-state index is -0.709. The van der Waals surface area contributed by atoms with Gasteiger partial charge in [0, 0.05) is 6.54 Å². The van der Waals surface area contributed by atoms with Crippen molar-refractivity contribution in [3.05, 3.63) is 103 Å². The lowest BCUT2D eigenvalue weighted by Crippen LogP contribution is -2.29. The number of ether oxygens (including phenoxy) is 1. The van der Waals surface area contributed by atoms with Gasteiger partial charge in [0.05, 0.1) is 28.6 Å². The molecule has 1 N–H and O–H groups in total. The summed E-state index contributed by atoms with van der Waals surface area (Å²) >= 11 is 3.36. The summed E-state index contributed by atoms with van der Waals surface area (Å²) in [5, 5.41) is 10.7. The molecule has 0 saturated heterocycles. The molecular formula is C26H20BrNO5. The summed E-state index contributed by atoms with van der Waals surface area (Å²) < 4.78 is 11.7. The Morgan fingerprint density at radius 1 is 1.09 bits per heavy atom. The van der Waals surface area contributed by atoms with Crippen LogP contribution >= 0.6 is 15.9 Å². The molecule has 0 radical (unpaired) electrons. The Morgan fingerprint density at radius 2 is 1.85 bits per heavy atom. The number of halogens is 1. The van der Waals surface area contributed by atoms with Crippen molar-refractivity contribution in [2.45, 2.75) is 19.5 Å². The quantitative estimate of drug-likeness (QED) is 0.405. The van der Waals surface area contributed by atoms with Crippen LogP contribution in [-0.4, -0.2) is 23.0 Å². The minimum absolute atomic E-state index is 0.0421. The van der Waals surface area contributed by atoms with Gasteiger partial charge in [0.2, 0.25) is 5.76 Å². The Hall–Kier alpha value is -3.58. The highest BCUT2D eigenvalue weighted by molar-refractivity contribution is 9.10. The normalized spacial score (nSPS) is 15.2. The lowest BCUT2D eigenvalue weighted by Gasteiger charge is -2.26. The van der Waals surface area contributed by atoms with E-state index in [1.165, 1.54) is 7.11 Å². The molecule has 1 aromatic heterocycles. The Morgan fingerprint density at radius 3 is 2.58 bits per heavy atom. The van der Waals surface area contributed by atoms with Gasteiger partial charge in [-0.2, -0.15) is 0 Å². The average Bonchev–Trinajstić information content (AvgIpc) is 3.08. The maximum absolute atomic E-state index is 13.7. The molecule has 0 saturated carbocycles. The lowest BCUT2D eigenvalue weighted by atomic mass is 9.97. The highest BCUT2D eigenvalue weighted by Crippen LogP contribution is 2.44. The van der Waals surface area contributed by atoms with Crippen molar-refractivity contribution in [3.63, 3.8) is 0 Å². The van der Waals surface area contributed by atoms with Crippen molar-refractivity contribution in [2.75, 3.05) is 7.11 Å². The number of carbonyl (C=O) groups excluding carboxylic acids is 1. The molecule has 1 atom stereocenters. The van der Waals surface area contributed by atoms with Crippen molar-refractivity contribution >= 4 is 32.8 Å². The number of fused-ring (bicyclic) bond motifs is 2. The number of methoxy groups -OCH3 is 1. The van der Waals surface area contributed by atoms with Crippen LogP contribution in [0.15, 0.2) is 74.3 Å². The van der Waals surface area contributed by atoms with E-state index in [0.29, 0.717) is 21.0 Å². The fourth-order valence-electron chi connectivity index (χ4n) is 4.33. The molecule has 33 heavy (non-hydrogen) atoms. The Bertz CT molecular complexity index is 1460. The van der Waals surface area contributed by atoms with Crippen LogP contribution in [0, 0.1) is 6.92 Å². The van der Waals surface area contributed by atoms with Crippen LogP contribution in [0.2, 0.25) is 0 Å². The maximum Gasteiger partial charge on any atom is 0.291 e. The molecule has 4 aromatic rings. The zero-order valence-corrected chi connectivity index (χ0v) is 19.5. The van der Waals surface area contributed by atoms with E-state index in [1.54, 1.807) is 29.2 Å². The molecule has 166 valence electrons. The number of hydrogen-bond acceptors (Lipinski definition) is 5. The molecule has 5 rings (SSSR count). The summed E-state index contributed by atoms with van der Waals surface area (Å²) in [7, 11) is 1.45. The number of aryl methyl sites for hydroxylation is 1. The van der Waals surface area contributed by atoms with Gasteiger partial charge in [-0.25, -0.2) is 0 Å². The second-order valence-electron chi connectivity index (χ2n) is 8.05. The van der Waals surface area contributed by atoms with Crippen LogP contribution in [0.4, 0.5) is 0 Å². The monoisotopic (exact) mass is 505 g/mol. The Labute approximate surface area is 198 Å². The van der Waals surface area contributed by atoms with Crippen molar-refractivity contribution in [1.29, 1.82) is 0 Å². The molecule has 2 heterocycles. The predicted octanol–water partition coefficient (Wildman–Crippen LogP) is 5.32. The smallest absolute Gasteiger partial charge is 0.291 e. The van der Waals surface area contributed by atoms with Crippen LogP contribution in [0.1, 0.15) is 38.9 Å². The first-order valence-electron chi connectivity index (χ1n) is 10.4. The second kappa shape index (κ2) is 8.08. The molecule has 0 bridgehead atoms. The van der Waals surface area contributed by atoms with E-state index in [9.17, 15) is 14.7 Å². The van der Waals surface area contributed by atoms with Crippen LogP contribution in [0.5, 0.6) is 11.5 Å². The van der Waals surface area contributed by atoms with Gasteiger partial charge in [0.15, 0.2) is 16.9 Å². The Kier molecular flexibility index (Phi) is 5.21. The van der Waals surface area contributed by atoms with Gasteiger partial charge in [-0.15, -0.1) is 0 Å². The summed E-state index contributed by atoms with van der Waals surface area (Å²) in [6.07, 6.45) is 0. The van der Waals surface area contributed by atoms with Crippen molar-refractivity contribution in [3.8, 4) is 11.5 Å². The van der Waals surface area contributed by atoms with E-state index in [2.05, 4.69) is 15.9 Å². The number of hydrogen-bond donors (Lipinski definition) is 1. The fourth-order valence-corrected chi connectivity index (χ4v) is 4.79. The summed E-state index contributed by atoms with van der Waals surface area (Å²) in [5.74, 6) is -0.135. The van der Waals surface area contributed by atoms with Crippen molar-refractivity contribution in [2.24, 2.45) is 0 Å². The number of carbonyl (C=O) groups is 1. The van der Waals surface area contributed by atoms with E-state index < -0.39 is 6.04 Å². The molecule has 0 unspecified atom stereocenters. The number of rotatable bonds is 4. The first-order valence-corrected chi connectivity index (χ1v) is 11.2. The Balaban J connectivity index is 1.77. The zero-order chi connectivity index (χ0) is 23.3. The first kappa shape index (κ1) is 21.3. The third-order valence-electron chi connectivity index (χ3n) is 5.90. The van der Waals surface area contributed by atoms with Gasteiger partial charge in [0.25, 0.3) is 5.91 Å². The standard InChI is InChI=1S/C26H20BrNO5/c1-14-8-9-19-17(10-14)23(29)21-22(16-11-18(27)24(30)20(12-16)32-2)28(26(31)25(21)33-19)13-15-6-4-3-5-7-15/h3-12,22,30H,13H2,1-2H3/t22-/m1/s1. The molecular weight excluding hydrogens is 486 g/mol. The zero-order valence-electron chi connectivity index (χ0n) is 18.0. The number of benzene rings is 3. The summed E-state index contributed by atoms with van der Waals surface area (Å²) in [4.78, 5) is 28.8. The van der Waals surface area contributed by atoms with Crippen molar-refractivity contribution < 1.29 is 19.1 Å². The highest BCUT2D eigenvalue weighted by Gasteiger charge is 2.43. The van der Waals surface area contributed by atoms with E-state index >= 15 is 0 Å². The van der Waals surface area contributed by atoms with Crippen molar-refractivity contribution in [1.82, 2.24) is 4.90 Å². The molecule has 0 fully saturated rings. The molecule has 1 aliphatic heterocycles. The predicted molar refractivity (Wildman–Crippen MR) is 128 cm³/mol. The molecule has 6 nitrogen and oxygen atoms in total. The summed E-state index contributed by atoms with van der Waals surface area (Å²) in [5.41, 5.74) is 2.88. The first-order chi connectivity index (χ1) is 15.9. The molecule has 3 aromatic carbocycles. The van der Waals surface area contributed by atoms with Crippen LogP contribution in [0.3, 0.4) is 0 Å². The van der Waals surface area contributed by atoms with E-state index in [-0.39, 0.29) is 40.7 Å². The van der Waals surface area contributed by atoms with E-state index in [1.807, 2.05) is 43.3 Å². The van der Waals surface area contributed by atoms with Gasteiger partial charge in [0.1, 0.15) is 5.58 Å². The van der Waals surface area contributed by atoms with E-state index in [0.717, 1.165) is 11.1 Å². The van der Waals surface area contributed by atoms with Gasteiger partial charge >= 0.3 is 0 Å². The van der Waals surface area contributed by atoms with E-state index in [4.69, 9.17) is 9.15 Å². The third-order valence-corrected chi connectivity index (χ3v) is 6.51. The number of phenols is 1. The summed E-state index contributed by atoms with van der Waals surface area (Å²) in [6.45, 7) is 2.18. The molecule has 1 aliphatic rings. The topological polar surface area (TPSA) is 80.0 Å². The third kappa shape index (κ3) is 3.49. The molecule has 0 aliphatic carbocycles. The minimum Gasteiger partial charge on any atom is -0.503 e. The SMILES string of the molecule is COc1cc([C@@H]2c3c(oc4ccc(C)cc4c3=O)C(=O)N2Cc2ccccc2)cc(Br)c1O. The number of phenolic OH excluding ortho intramolecular Hbond substituents is 1. The summed E-state index contributed by atoms with van der Waals surface area (Å²) in [6, 6.07) is 17.5.